The first-order valence-corrected chi connectivity index (χ1v) is 16.8. The molecule has 4 nitrogen and oxygen atoms in total. The van der Waals surface area contributed by atoms with Crippen molar-refractivity contribution in [2.75, 3.05) is 18.8 Å². The minimum atomic E-state index is 0.0331. The van der Waals surface area contributed by atoms with E-state index in [4.69, 9.17) is 0 Å². The number of amides is 2. The van der Waals surface area contributed by atoms with Crippen LogP contribution in [-0.2, 0) is 9.59 Å². The first-order chi connectivity index (χ1) is 18.7. The van der Waals surface area contributed by atoms with Gasteiger partial charge in [-0.05, 0) is 64.2 Å². The maximum absolute atomic E-state index is 11.9. The Bertz CT molecular complexity index is 778. The van der Waals surface area contributed by atoms with Gasteiger partial charge in [-0.2, -0.15) is 0 Å². The molecule has 0 aromatic rings. The molecule has 1 fully saturated rings. The van der Waals surface area contributed by atoms with Crippen molar-refractivity contribution < 1.29 is 9.59 Å². The quantitative estimate of drug-likeness (QED) is 0.0795. The lowest BCUT2D eigenvalue weighted by molar-refractivity contribution is -0.122. The molecule has 212 valence electrons. The van der Waals surface area contributed by atoms with E-state index in [2.05, 4.69) is 90.5 Å². The van der Waals surface area contributed by atoms with Crippen LogP contribution in [-0.4, -0.2) is 35.9 Å². The first kappa shape index (κ1) is 34.1. The summed E-state index contributed by atoms with van der Waals surface area (Å²) in [5, 5.41) is 6.56. The summed E-state index contributed by atoms with van der Waals surface area (Å²) in [4.78, 5) is 23.8. The number of carbonyl (C=O) groups is 2. The van der Waals surface area contributed by atoms with E-state index < -0.39 is 0 Å². The molecule has 1 atom stereocenters. The number of hydrogen-bond donors (Lipinski definition) is 2. The van der Waals surface area contributed by atoms with E-state index in [9.17, 15) is 9.59 Å². The van der Waals surface area contributed by atoms with Crippen LogP contribution in [0.25, 0.3) is 0 Å². The molecule has 1 aliphatic rings. The number of allylic oxidation sites excluding steroid dienone is 12. The SMILES string of the molecule is CC/C=C\C/C=C\C/C=C\C/C=C\C/C=C\C/C=C\CCC(=O)NCCNC(=O)CCCCC1CCSS1. The van der Waals surface area contributed by atoms with Crippen molar-refractivity contribution in [3.63, 3.8) is 0 Å². The van der Waals surface area contributed by atoms with Gasteiger partial charge in [0, 0.05) is 36.9 Å². The highest BCUT2D eigenvalue weighted by atomic mass is 33.1. The van der Waals surface area contributed by atoms with Gasteiger partial charge < -0.3 is 10.6 Å². The molecule has 38 heavy (non-hydrogen) atoms. The molecule has 1 rings (SSSR count). The molecule has 0 aliphatic carbocycles. The van der Waals surface area contributed by atoms with Crippen LogP contribution < -0.4 is 10.6 Å². The highest BCUT2D eigenvalue weighted by molar-refractivity contribution is 8.77. The molecule has 0 aromatic heterocycles. The fourth-order valence-electron chi connectivity index (χ4n) is 3.66. The smallest absolute Gasteiger partial charge is 0.220 e. The summed E-state index contributed by atoms with van der Waals surface area (Å²) in [5.41, 5.74) is 0. The normalized spacial score (nSPS) is 16.4. The summed E-state index contributed by atoms with van der Waals surface area (Å²) in [6.45, 7) is 3.14. The fraction of sp³-hybridized carbons (Fsp3) is 0.562. The van der Waals surface area contributed by atoms with Crippen molar-refractivity contribution in [2.24, 2.45) is 0 Å². The Kier molecular flexibility index (Phi) is 23.9. The lowest BCUT2D eigenvalue weighted by Crippen LogP contribution is -2.34. The zero-order chi connectivity index (χ0) is 27.4. The van der Waals surface area contributed by atoms with E-state index in [1.165, 1.54) is 18.6 Å². The molecular formula is C32H50N2O2S2. The van der Waals surface area contributed by atoms with Crippen LogP contribution in [0.1, 0.15) is 90.4 Å². The topological polar surface area (TPSA) is 58.2 Å². The van der Waals surface area contributed by atoms with Gasteiger partial charge in [-0.3, -0.25) is 9.59 Å². The summed E-state index contributed by atoms with van der Waals surface area (Å²) >= 11 is 0. The number of rotatable bonds is 22. The molecule has 0 radical (unpaired) electrons. The lowest BCUT2D eigenvalue weighted by Gasteiger charge is -2.08. The van der Waals surface area contributed by atoms with Gasteiger partial charge in [-0.15, -0.1) is 0 Å². The van der Waals surface area contributed by atoms with E-state index in [-0.39, 0.29) is 11.8 Å². The number of unbranched alkanes of at least 4 members (excludes halogenated alkanes) is 1. The van der Waals surface area contributed by atoms with Crippen molar-refractivity contribution >= 4 is 33.4 Å². The molecule has 1 saturated heterocycles. The second kappa shape index (κ2) is 26.7. The van der Waals surface area contributed by atoms with E-state index in [1.807, 2.05) is 21.6 Å². The average Bonchev–Trinajstić information content (AvgIpc) is 3.44. The third kappa shape index (κ3) is 23.2. The third-order valence-corrected chi connectivity index (χ3v) is 8.82. The molecule has 0 spiro atoms. The van der Waals surface area contributed by atoms with Crippen LogP contribution in [0.15, 0.2) is 72.9 Å². The van der Waals surface area contributed by atoms with E-state index in [0.29, 0.717) is 25.9 Å². The predicted octanol–water partition coefficient (Wildman–Crippen LogP) is 8.41. The molecule has 1 heterocycles. The van der Waals surface area contributed by atoms with Crippen LogP contribution in [0.3, 0.4) is 0 Å². The van der Waals surface area contributed by atoms with Crippen LogP contribution in [0.2, 0.25) is 0 Å². The molecule has 6 heteroatoms. The Morgan fingerprint density at radius 3 is 1.68 bits per heavy atom. The molecule has 0 aromatic carbocycles. The van der Waals surface area contributed by atoms with Gasteiger partial charge in [0.25, 0.3) is 0 Å². The monoisotopic (exact) mass is 558 g/mol. The van der Waals surface area contributed by atoms with Gasteiger partial charge in [-0.1, -0.05) is 108 Å². The molecule has 2 amide bonds. The van der Waals surface area contributed by atoms with Crippen LogP contribution in [0.4, 0.5) is 0 Å². The van der Waals surface area contributed by atoms with Crippen molar-refractivity contribution in [2.45, 2.75) is 95.6 Å². The van der Waals surface area contributed by atoms with Crippen LogP contribution in [0.5, 0.6) is 0 Å². The minimum Gasteiger partial charge on any atom is -0.354 e. The second-order valence-electron chi connectivity index (χ2n) is 9.23. The summed E-state index contributed by atoms with van der Waals surface area (Å²) in [7, 11) is 3.97. The molecule has 0 saturated carbocycles. The van der Waals surface area contributed by atoms with Gasteiger partial charge in [0.15, 0.2) is 0 Å². The van der Waals surface area contributed by atoms with Gasteiger partial charge in [0.2, 0.25) is 11.8 Å². The highest BCUT2D eigenvalue weighted by Gasteiger charge is 2.15. The van der Waals surface area contributed by atoms with Gasteiger partial charge in [0.1, 0.15) is 0 Å². The highest BCUT2D eigenvalue weighted by Crippen LogP contribution is 2.39. The van der Waals surface area contributed by atoms with Gasteiger partial charge in [0.05, 0.1) is 0 Å². The Hall–Kier alpha value is -1.92. The average molecular weight is 559 g/mol. The van der Waals surface area contributed by atoms with Gasteiger partial charge >= 0.3 is 0 Å². The van der Waals surface area contributed by atoms with Crippen LogP contribution in [0, 0.1) is 0 Å². The van der Waals surface area contributed by atoms with Crippen molar-refractivity contribution in [1.29, 1.82) is 0 Å². The zero-order valence-corrected chi connectivity index (χ0v) is 25.1. The number of carbonyl (C=O) groups excluding carboxylic acids is 2. The predicted molar refractivity (Wildman–Crippen MR) is 170 cm³/mol. The van der Waals surface area contributed by atoms with Crippen LogP contribution >= 0.6 is 21.6 Å². The zero-order valence-electron chi connectivity index (χ0n) is 23.5. The minimum absolute atomic E-state index is 0.0331. The second-order valence-corrected chi connectivity index (χ2v) is 12.0. The Morgan fingerprint density at radius 1 is 0.684 bits per heavy atom. The molecule has 2 N–H and O–H groups in total. The number of hydrogen-bond acceptors (Lipinski definition) is 4. The Labute approximate surface area is 240 Å². The molecule has 1 unspecified atom stereocenters. The van der Waals surface area contributed by atoms with E-state index in [1.54, 1.807) is 0 Å². The Morgan fingerprint density at radius 2 is 1.18 bits per heavy atom. The standard InChI is InChI=1S/C32H50N2O2S2/c1-2-3-4-5-6-7-8-9-10-11-12-13-14-15-16-17-18-19-20-24-31(35)33-27-28-34-32(36)25-22-21-23-30-26-29-37-38-30/h3-4,6-7,9-10,12-13,15-16,18-19,30H,2,5,8,11,14,17,20-29H2,1H3,(H,33,35)(H,34,36)/b4-3-,7-6-,10-9-,13-12-,16-15-,19-18-. The first-order valence-electron chi connectivity index (χ1n) is 14.4. The largest absolute Gasteiger partial charge is 0.354 e. The third-order valence-electron chi connectivity index (χ3n) is 5.81. The van der Waals surface area contributed by atoms with E-state index >= 15 is 0 Å². The fourth-order valence-corrected chi connectivity index (χ4v) is 6.68. The molecular weight excluding hydrogens is 508 g/mol. The molecule has 0 bridgehead atoms. The van der Waals surface area contributed by atoms with Crippen molar-refractivity contribution in [3.8, 4) is 0 Å². The van der Waals surface area contributed by atoms with Gasteiger partial charge in [-0.25, -0.2) is 0 Å². The summed E-state index contributed by atoms with van der Waals surface area (Å²) in [6.07, 6.45) is 38.5. The number of nitrogens with one attached hydrogen (secondary N) is 2. The molecule has 1 aliphatic heterocycles. The van der Waals surface area contributed by atoms with Crippen molar-refractivity contribution in [1.82, 2.24) is 10.6 Å². The Balaban J connectivity index is 1.89. The summed E-state index contributed by atoms with van der Waals surface area (Å²) in [5.74, 6) is 1.39. The lowest BCUT2D eigenvalue weighted by atomic mass is 10.1. The maximum atomic E-state index is 11.9. The maximum Gasteiger partial charge on any atom is 0.220 e. The van der Waals surface area contributed by atoms with E-state index in [0.717, 1.165) is 63.0 Å². The summed E-state index contributed by atoms with van der Waals surface area (Å²) < 4.78 is 0. The van der Waals surface area contributed by atoms with Crippen molar-refractivity contribution in [3.05, 3.63) is 72.9 Å². The summed E-state index contributed by atoms with van der Waals surface area (Å²) in [6, 6.07) is 0.